The van der Waals surface area contributed by atoms with Crippen molar-refractivity contribution in [2.75, 3.05) is 33.8 Å². The summed E-state index contributed by atoms with van der Waals surface area (Å²) >= 11 is 0. The van der Waals surface area contributed by atoms with Gasteiger partial charge in [0.25, 0.3) is 0 Å². The smallest absolute Gasteiger partial charge is 0.407 e. The molecule has 9 heteroatoms. The molecule has 8 nitrogen and oxygen atoms in total. The molecule has 2 unspecified atom stereocenters. The van der Waals surface area contributed by atoms with Crippen molar-refractivity contribution >= 4 is 36.0 Å². The molecular weight excluding hydrogens is 499 g/mol. The average molecular weight is 534 g/mol. The molecule has 1 heterocycles. The summed E-state index contributed by atoms with van der Waals surface area (Å²) in [5.41, 5.74) is -0.500. The Balaban J connectivity index is 0.00000450. The van der Waals surface area contributed by atoms with Crippen molar-refractivity contribution in [3.63, 3.8) is 0 Å². The number of hydrogen-bond acceptors (Lipinski definition) is 5. The zero-order valence-corrected chi connectivity index (χ0v) is 21.1. The van der Waals surface area contributed by atoms with Crippen LogP contribution in [0, 0.1) is 0 Å². The summed E-state index contributed by atoms with van der Waals surface area (Å²) in [4.78, 5) is 18.5. The number of halogens is 1. The van der Waals surface area contributed by atoms with E-state index in [2.05, 4.69) is 20.5 Å². The molecule has 1 aromatic rings. The van der Waals surface area contributed by atoms with Gasteiger partial charge in [-0.25, -0.2) is 4.79 Å². The predicted octanol–water partition coefficient (Wildman–Crippen LogP) is 3.25. The molecule has 0 aliphatic carbocycles. The normalized spacial score (nSPS) is 17.6. The highest BCUT2D eigenvalue weighted by atomic mass is 127. The second kappa shape index (κ2) is 12.1. The largest absolute Gasteiger partial charge is 0.497 e. The van der Waals surface area contributed by atoms with E-state index in [4.69, 9.17) is 14.2 Å². The Morgan fingerprint density at radius 3 is 2.47 bits per heavy atom. The first-order chi connectivity index (χ1) is 13.7. The molecule has 0 radical (unpaired) electrons. The maximum absolute atomic E-state index is 12.0. The van der Waals surface area contributed by atoms with Crippen molar-refractivity contribution in [3.8, 4) is 11.5 Å². The lowest BCUT2D eigenvalue weighted by atomic mass is 10.2. The summed E-state index contributed by atoms with van der Waals surface area (Å²) in [5.74, 6) is 2.38. The quantitative estimate of drug-likeness (QED) is 0.331. The summed E-state index contributed by atoms with van der Waals surface area (Å²) in [6.07, 6.45) is 0.421. The van der Waals surface area contributed by atoms with Crippen LogP contribution in [0.4, 0.5) is 4.79 Å². The number of amides is 1. The number of carbonyl (C=O) groups is 1. The van der Waals surface area contributed by atoms with E-state index in [0.717, 1.165) is 30.4 Å². The number of methoxy groups -OCH3 is 1. The van der Waals surface area contributed by atoms with Crippen molar-refractivity contribution in [2.45, 2.75) is 51.9 Å². The molecule has 0 bridgehead atoms. The molecule has 0 spiro atoms. The second-order valence-corrected chi connectivity index (χ2v) is 8.11. The topological polar surface area (TPSA) is 84.4 Å². The number of guanidine groups is 1. The van der Waals surface area contributed by atoms with Crippen LogP contribution < -0.4 is 20.1 Å². The molecule has 1 aliphatic rings. The van der Waals surface area contributed by atoms with Gasteiger partial charge >= 0.3 is 6.09 Å². The van der Waals surface area contributed by atoms with Gasteiger partial charge < -0.3 is 29.7 Å². The van der Waals surface area contributed by atoms with Crippen molar-refractivity contribution in [1.82, 2.24) is 15.5 Å². The van der Waals surface area contributed by atoms with Gasteiger partial charge in [-0.2, -0.15) is 0 Å². The maximum atomic E-state index is 12.0. The second-order valence-electron chi connectivity index (χ2n) is 8.11. The standard InChI is InChI=1S/C21H34N4O4.HI/c1-15(28-18-9-7-17(27-6)8-10-18)13-23-19(22-5)25-12-11-16(14-25)24-20(26)29-21(2,3)4;/h7-10,15-16H,11-14H2,1-6H3,(H,22,23)(H,24,26);1H. The van der Waals surface area contributed by atoms with Crippen molar-refractivity contribution in [3.05, 3.63) is 24.3 Å². The van der Waals surface area contributed by atoms with E-state index in [1.165, 1.54) is 0 Å². The van der Waals surface area contributed by atoms with E-state index in [1.54, 1.807) is 14.2 Å². The van der Waals surface area contributed by atoms with E-state index in [1.807, 2.05) is 52.0 Å². The van der Waals surface area contributed by atoms with Crippen LogP contribution in [0.3, 0.4) is 0 Å². The fourth-order valence-corrected chi connectivity index (χ4v) is 3.04. The molecule has 0 saturated carbocycles. The molecule has 1 aliphatic heterocycles. The number of aliphatic imine (C=N–C) groups is 1. The zero-order chi connectivity index (χ0) is 21.4. The molecule has 0 aromatic heterocycles. The summed E-state index contributed by atoms with van der Waals surface area (Å²) < 4.78 is 16.4. The minimum atomic E-state index is -0.500. The maximum Gasteiger partial charge on any atom is 0.407 e. The number of likely N-dealkylation sites (tertiary alicyclic amines) is 1. The minimum Gasteiger partial charge on any atom is -0.497 e. The number of alkyl carbamates (subject to hydrolysis) is 1. The van der Waals surface area contributed by atoms with Gasteiger partial charge in [-0.05, 0) is 58.4 Å². The number of carbonyl (C=O) groups excluding carboxylic acids is 1. The third-order valence-electron chi connectivity index (χ3n) is 4.36. The molecular formula is C21H35IN4O4. The first-order valence-electron chi connectivity index (χ1n) is 9.96. The summed E-state index contributed by atoms with van der Waals surface area (Å²) in [6, 6.07) is 7.55. The Hall–Kier alpha value is -1.91. The van der Waals surface area contributed by atoms with Gasteiger partial charge in [0.1, 0.15) is 23.2 Å². The van der Waals surface area contributed by atoms with Gasteiger partial charge in [-0.15, -0.1) is 24.0 Å². The van der Waals surface area contributed by atoms with Crippen LogP contribution in [0.1, 0.15) is 34.1 Å². The van der Waals surface area contributed by atoms with Gasteiger partial charge in [0.15, 0.2) is 5.96 Å². The lowest BCUT2D eigenvalue weighted by molar-refractivity contribution is 0.0507. The molecule has 1 amide bonds. The molecule has 170 valence electrons. The van der Waals surface area contributed by atoms with E-state index in [-0.39, 0.29) is 42.2 Å². The minimum absolute atomic E-state index is 0. The Labute approximate surface area is 196 Å². The molecule has 1 saturated heterocycles. The lowest BCUT2D eigenvalue weighted by Gasteiger charge is -2.24. The Kier molecular flexibility index (Phi) is 10.5. The van der Waals surface area contributed by atoms with Gasteiger partial charge in [0.05, 0.1) is 19.7 Å². The number of nitrogens with zero attached hydrogens (tertiary/aromatic N) is 2. The van der Waals surface area contributed by atoms with E-state index in [0.29, 0.717) is 13.1 Å². The molecule has 2 N–H and O–H groups in total. The monoisotopic (exact) mass is 534 g/mol. The Bertz CT molecular complexity index is 691. The van der Waals surface area contributed by atoms with E-state index in [9.17, 15) is 4.79 Å². The highest BCUT2D eigenvalue weighted by molar-refractivity contribution is 14.0. The third-order valence-corrected chi connectivity index (χ3v) is 4.36. The SMILES string of the molecule is CN=C(NCC(C)Oc1ccc(OC)cc1)N1CCC(NC(=O)OC(C)(C)C)C1.I. The Morgan fingerprint density at radius 2 is 1.90 bits per heavy atom. The molecule has 1 fully saturated rings. The first-order valence-corrected chi connectivity index (χ1v) is 9.96. The molecule has 30 heavy (non-hydrogen) atoms. The highest BCUT2D eigenvalue weighted by Crippen LogP contribution is 2.18. The van der Waals surface area contributed by atoms with Gasteiger partial charge in [-0.3, -0.25) is 4.99 Å². The Morgan fingerprint density at radius 1 is 1.27 bits per heavy atom. The average Bonchev–Trinajstić information content (AvgIpc) is 3.09. The predicted molar refractivity (Wildman–Crippen MR) is 129 cm³/mol. The number of hydrogen-bond donors (Lipinski definition) is 2. The fraction of sp³-hybridized carbons (Fsp3) is 0.619. The molecule has 2 atom stereocenters. The van der Waals surface area contributed by atoms with Crippen LogP contribution in [0.15, 0.2) is 29.3 Å². The number of nitrogens with one attached hydrogen (secondary N) is 2. The molecule has 2 rings (SSSR count). The van der Waals surface area contributed by atoms with Crippen LogP contribution >= 0.6 is 24.0 Å². The van der Waals surface area contributed by atoms with Crippen LogP contribution in [-0.2, 0) is 4.74 Å². The van der Waals surface area contributed by atoms with Gasteiger partial charge in [0, 0.05) is 20.1 Å². The van der Waals surface area contributed by atoms with Crippen molar-refractivity contribution in [2.24, 2.45) is 4.99 Å². The zero-order valence-electron chi connectivity index (χ0n) is 18.7. The van der Waals surface area contributed by atoms with Crippen LogP contribution in [0.5, 0.6) is 11.5 Å². The van der Waals surface area contributed by atoms with Crippen LogP contribution in [-0.4, -0.2) is 68.5 Å². The van der Waals surface area contributed by atoms with Crippen LogP contribution in [0.2, 0.25) is 0 Å². The van der Waals surface area contributed by atoms with E-state index < -0.39 is 5.60 Å². The fourth-order valence-electron chi connectivity index (χ4n) is 3.04. The van der Waals surface area contributed by atoms with Crippen molar-refractivity contribution < 1.29 is 19.0 Å². The molecule has 1 aromatic carbocycles. The number of benzene rings is 1. The van der Waals surface area contributed by atoms with Crippen LogP contribution in [0.25, 0.3) is 0 Å². The summed E-state index contributed by atoms with van der Waals surface area (Å²) in [6.45, 7) is 9.68. The number of rotatable bonds is 6. The first kappa shape index (κ1) is 26.1. The lowest BCUT2D eigenvalue weighted by Crippen LogP contribution is -2.46. The van der Waals surface area contributed by atoms with E-state index >= 15 is 0 Å². The summed E-state index contributed by atoms with van der Waals surface area (Å²) in [7, 11) is 3.39. The highest BCUT2D eigenvalue weighted by Gasteiger charge is 2.28. The third kappa shape index (κ3) is 8.85. The van der Waals surface area contributed by atoms with Gasteiger partial charge in [-0.1, -0.05) is 0 Å². The van der Waals surface area contributed by atoms with Gasteiger partial charge in [0.2, 0.25) is 0 Å². The summed E-state index contributed by atoms with van der Waals surface area (Å²) in [5, 5.41) is 6.28. The van der Waals surface area contributed by atoms with Crippen molar-refractivity contribution in [1.29, 1.82) is 0 Å². The number of ether oxygens (including phenoxy) is 3.